The average Bonchev–Trinajstić information content (AvgIpc) is 1.48. The van der Waals surface area contributed by atoms with Crippen LogP contribution >= 0.6 is 0 Å². The molecule has 0 amide bonds. The zero-order chi connectivity index (χ0) is 84.2. The van der Waals surface area contributed by atoms with Crippen molar-refractivity contribution in [2.24, 2.45) is 0 Å². The van der Waals surface area contributed by atoms with Gasteiger partial charge in [0.1, 0.15) is 11.2 Å². The number of anilines is 3. The van der Waals surface area contributed by atoms with Gasteiger partial charge < -0.3 is 9.32 Å². The minimum absolute atomic E-state index is 0.575. The van der Waals surface area contributed by atoms with Crippen molar-refractivity contribution >= 4 is 61.3 Å². The van der Waals surface area contributed by atoms with Gasteiger partial charge in [0.15, 0.2) is 52.4 Å². The van der Waals surface area contributed by atoms with E-state index in [9.17, 15) is 0 Å². The Kier molecular flexibility index (Phi) is 22.2. The molecule has 0 radical (unpaired) electrons. The summed E-state index contributed by atoms with van der Waals surface area (Å²) in [5, 5.41) is 2.14. The number of hydrogen-bond acceptors (Lipinski definition) is 11. The first-order valence-corrected chi connectivity index (χ1v) is 42.0. The summed E-state index contributed by atoms with van der Waals surface area (Å²) in [6.45, 7) is 0. The van der Waals surface area contributed by atoms with Crippen LogP contribution in [0.3, 0.4) is 0 Å². The van der Waals surface area contributed by atoms with E-state index in [4.69, 9.17) is 49.3 Å². The van der Waals surface area contributed by atoms with Crippen LogP contribution in [0, 0.1) is 0 Å². The maximum absolute atomic E-state index is 6.28. The van der Waals surface area contributed by atoms with Gasteiger partial charge in [-0.1, -0.05) is 419 Å². The van der Waals surface area contributed by atoms with Gasteiger partial charge >= 0.3 is 0 Å². The molecule has 11 nitrogen and oxygen atoms in total. The summed E-state index contributed by atoms with van der Waals surface area (Å²) in [6.07, 6.45) is 0. The van der Waals surface area contributed by atoms with Crippen molar-refractivity contribution in [3.63, 3.8) is 0 Å². The zero-order valence-corrected chi connectivity index (χ0v) is 68.4. The van der Waals surface area contributed by atoms with Crippen molar-refractivity contribution in [2.45, 2.75) is 0 Å². The van der Waals surface area contributed by atoms with Gasteiger partial charge in [0.05, 0.1) is 0 Å². The maximum Gasteiger partial charge on any atom is 0.164 e. The van der Waals surface area contributed by atoms with E-state index < -0.39 is 0 Å². The molecule has 0 fully saturated rings. The Bertz CT molecular complexity index is 6980. The van der Waals surface area contributed by atoms with Crippen LogP contribution in [0.1, 0.15) is 44.5 Å². The van der Waals surface area contributed by atoms with Gasteiger partial charge in [0.25, 0.3) is 0 Å². The van der Waals surface area contributed by atoms with E-state index in [1.54, 1.807) is 0 Å². The quantitative estimate of drug-likeness (QED) is 0.0676. The van der Waals surface area contributed by atoms with Gasteiger partial charge in [-0.25, -0.2) is 44.9 Å². The smallest absolute Gasteiger partial charge is 0.164 e. The first kappa shape index (κ1) is 77.5. The third-order valence-corrected chi connectivity index (χ3v) is 22.2. The molecule has 0 aliphatic heterocycles. The number of benzene rings is 17. The van der Waals surface area contributed by atoms with Crippen LogP contribution in [-0.4, -0.2) is 44.9 Å². The average molecular weight is 1620 g/mol. The fourth-order valence-corrected chi connectivity index (χ4v) is 16.1. The lowest BCUT2D eigenvalue weighted by Gasteiger charge is -2.26. The highest BCUT2D eigenvalue weighted by atomic mass is 16.3. The first-order chi connectivity index (χ1) is 62.5. The fraction of sp³-hybridized carbons (Fsp3) is 0. The minimum atomic E-state index is 0.575. The predicted octanol–water partition coefficient (Wildman–Crippen LogP) is 28.3. The number of para-hydroxylation sites is 3. The molecule has 0 N–H and O–H groups in total. The molecule has 0 aliphatic rings. The summed E-state index contributed by atoms with van der Waals surface area (Å²) in [4.78, 5) is 47.3. The van der Waals surface area contributed by atoms with E-state index >= 15 is 0 Å². The predicted molar refractivity (Wildman–Crippen MR) is 513 cm³/mol. The molecule has 4 heterocycles. The summed E-state index contributed by atoms with van der Waals surface area (Å²) in [6, 6.07) is 163. The molecule has 0 saturated heterocycles. The summed E-state index contributed by atoms with van der Waals surface area (Å²) in [5.41, 5.74) is 26.2. The molecule has 0 aliphatic carbocycles. The van der Waals surface area contributed by atoms with Crippen LogP contribution in [0.15, 0.2) is 478 Å². The number of hydrogen-bond donors (Lipinski definition) is 0. The first-order valence-electron chi connectivity index (χ1n) is 42.0. The second-order valence-electron chi connectivity index (χ2n) is 30.3. The number of rotatable bonds is 20. The molecule has 0 bridgehead atoms. The molecule has 21 rings (SSSR count). The standard InChI is InChI=1S/C59H40N4O.C56H38N6/c1-6-18-41(19-7-1)55(42-20-8-2-9-21-42)56(44-34-37-50(38-35-44)63(48-24-12-4-13-25-48)49-26-14-5-15-27-49)43-30-32-46(33-31-43)58-60-57(45-22-10-3-11-23-45)61-59(62-58)47-36-39-52-51-28-16-17-29-53(51)64-54(52)40-47;1-7-19-39(20-8-1)49(41-31-35-47(36-32-41)55-59-51(43-23-11-3-12-24-43)57-52(60-55)44-25-13-4-14-26-44)50(40-21-9-2-10-22-40)42-33-37-48(38-34-42)56-61-53(45-27-15-5-16-28-45)58-54(62-56)46-29-17-6-18-30-46/h1-40H;1-38H/b;50-49+. The summed E-state index contributed by atoms with van der Waals surface area (Å²) < 4.78 is 6.28. The molecule has 4 aromatic heterocycles. The van der Waals surface area contributed by atoms with Crippen molar-refractivity contribution < 1.29 is 4.42 Å². The van der Waals surface area contributed by atoms with Crippen LogP contribution in [0.4, 0.5) is 17.1 Å². The van der Waals surface area contributed by atoms with Crippen molar-refractivity contribution in [3.8, 4) is 102 Å². The van der Waals surface area contributed by atoms with Crippen LogP contribution in [0.2, 0.25) is 0 Å². The second-order valence-corrected chi connectivity index (χ2v) is 30.3. The lowest BCUT2D eigenvalue weighted by molar-refractivity contribution is 0.669. The lowest BCUT2D eigenvalue weighted by atomic mass is 9.85. The molecule has 594 valence electrons. The Balaban J connectivity index is 0.000000159. The van der Waals surface area contributed by atoms with Gasteiger partial charge in [-0.3, -0.25) is 0 Å². The van der Waals surface area contributed by atoms with Gasteiger partial charge in [0, 0.05) is 77.9 Å². The molecule has 0 atom stereocenters. The maximum atomic E-state index is 6.28. The third-order valence-electron chi connectivity index (χ3n) is 22.2. The summed E-state index contributed by atoms with van der Waals surface area (Å²) in [7, 11) is 0. The second kappa shape index (κ2) is 36.0. The van der Waals surface area contributed by atoms with E-state index in [-0.39, 0.29) is 0 Å². The van der Waals surface area contributed by atoms with E-state index in [0.717, 1.165) is 156 Å². The summed E-state index contributed by atoms with van der Waals surface area (Å²) >= 11 is 0. The molecular weight excluding hydrogens is 1540 g/mol. The van der Waals surface area contributed by atoms with Crippen molar-refractivity contribution in [2.75, 3.05) is 4.90 Å². The molecule has 0 unspecified atom stereocenters. The number of furan rings is 1. The van der Waals surface area contributed by atoms with Gasteiger partial charge in [0.2, 0.25) is 0 Å². The molecule has 11 heteroatoms. The topological polar surface area (TPSA) is 132 Å². The Labute approximate surface area is 730 Å². The summed E-state index contributed by atoms with van der Waals surface area (Å²) in [5.74, 6) is 5.49. The van der Waals surface area contributed by atoms with Gasteiger partial charge in [-0.15, -0.1) is 0 Å². The van der Waals surface area contributed by atoms with Crippen molar-refractivity contribution in [3.05, 3.63) is 518 Å². The Morgan fingerprint density at radius 3 is 0.619 bits per heavy atom. The van der Waals surface area contributed by atoms with Crippen molar-refractivity contribution in [1.29, 1.82) is 0 Å². The molecule has 21 aromatic rings. The third kappa shape index (κ3) is 16.8. The Morgan fingerprint density at radius 1 is 0.151 bits per heavy atom. The Morgan fingerprint density at radius 2 is 0.341 bits per heavy atom. The highest BCUT2D eigenvalue weighted by Crippen LogP contribution is 2.44. The molecule has 17 aromatic carbocycles. The number of fused-ring (bicyclic) bond motifs is 3. The monoisotopic (exact) mass is 1610 g/mol. The molecule has 0 spiro atoms. The van der Waals surface area contributed by atoms with Crippen molar-refractivity contribution in [1.82, 2.24) is 44.9 Å². The largest absolute Gasteiger partial charge is 0.456 e. The van der Waals surface area contributed by atoms with E-state index in [2.05, 4.69) is 302 Å². The number of nitrogens with zero attached hydrogens (tertiary/aromatic N) is 10. The highest BCUT2D eigenvalue weighted by molar-refractivity contribution is 6.08. The normalized spacial score (nSPS) is 11.3. The van der Waals surface area contributed by atoms with E-state index in [1.165, 1.54) is 0 Å². The fourth-order valence-electron chi connectivity index (χ4n) is 16.1. The SMILES string of the molecule is c1ccc(/C(=C(/c2ccccc2)c2ccc(-c3nc(-c4ccccc4)nc(-c4ccccc4)n3)cc2)c2ccc(-c3nc(-c4ccccc4)nc(-c4ccccc4)n3)cc2)cc1.c1ccc(C(=C(c2ccc(-c3nc(-c4ccccc4)nc(-c4ccc5c(c4)oc4ccccc45)n3)cc2)c2ccc(N(c3ccccc3)c3ccccc3)cc2)c2ccccc2)cc1. The molecular formula is C115H78N10O. The van der Waals surface area contributed by atoms with Crippen LogP contribution < -0.4 is 4.90 Å². The molecule has 0 saturated carbocycles. The zero-order valence-electron chi connectivity index (χ0n) is 68.4. The van der Waals surface area contributed by atoms with Crippen LogP contribution in [-0.2, 0) is 0 Å². The van der Waals surface area contributed by atoms with Gasteiger partial charge in [-0.05, 0) is 121 Å². The number of aromatic nitrogens is 9. The Hall–Kier alpha value is -17.2. The van der Waals surface area contributed by atoms with Gasteiger partial charge in [-0.2, -0.15) is 0 Å². The van der Waals surface area contributed by atoms with Crippen LogP contribution in [0.25, 0.3) is 147 Å². The van der Waals surface area contributed by atoms with E-state index in [0.29, 0.717) is 52.4 Å². The molecule has 126 heavy (non-hydrogen) atoms. The lowest BCUT2D eigenvalue weighted by Crippen LogP contribution is -2.09. The van der Waals surface area contributed by atoms with Crippen LogP contribution in [0.5, 0.6) is 0 Å². The van der Waals surface area contributed by atoms with E-state index in [1.807, 2.05) is 176 Å². The highest BCUT2D eigenvalue weighted by Gasteiger charge is 2.24. The minimum Gasteiger partial charge on any atom is -0.456 e.